The third-order valence-electron chi connectivity index (χ3n) is 2.59. The molecule has 0 aliphatic carbocycles. The first kappa shape index (κ1) is 12.1. The monoisotopic (exact) mass is 245 g/mol. The van der Waals surface area contributed by atoms with Crippen molar-refractivity contribution in [3.05, 3.63) is 59.4 Å². The molecule has 0 saturated heterocycles. The zero-order valence-electron chi connectivity index (χ0n) is 9.77. The molecule has 0 saturated carbocycles. The van der Waals surface area contributed by atoms with Crippen LogP contribution in [0.3, 0.4) is 0 Å². The second-order valence-corrected chi connectivity index (χ2v) is 3.93. The molecular weight excluding hydrogens is 233 g/mol. The van der Waals surface area contributed by atoms with Crippen LogP contribution >= 0.6 is 0 Å². The van der Waals surface area contributed by atoms with Crippen molar-refractivity contribution in [2.45, 2.75) is 6.92 Å². The lowest BCUT2D eigenvalue weighted by Gasteiger charge is -2.08. The maximum atomic E-state index is 13.5. The summed E-state index contributed by atoms with van der Waals surface area (Å²) in [5.74, 6) is -1.23. The van der Waals surface area contributed by atoms with Crippen LogP contribution in [0.25, 0.3) is 0 Å². The minimum absolute atomic E-state index is 0.0426. The second-order valence-electron chi connectivity index (χ2n) is 3.93. The highest BCUT2D eigenvalue weighted by Gasteiger charge is 2.11. The van der Waals surface area contributed by atoms with Crippen molar-refractivity contribution in [1.82, 2.24) is 0 Å². The van der Waals surface area contributed by atoms with E-state index in [4.69, 9.17) is 5.11 Å². The summed E-state index contributed by atoms with van der Waals surface area (Å²) in [6.07, 6.45) is 0. The van der Waals surface area contributed by atoms with E-state index < -0.39 is 5.82 Å². The zero-order chi connectivity index (χ0) is 13.1. The van der Waals surface area contributed by atoms with Gasteiger partial charge < -0.3 is 10.4 Å². The van der Waals surface area contributed by atoms with Crippen LogP contribution in [-0.2, 0) is 0 Å². The highest BCUT2D eigenvalue weighted by Crippen LogP contribution is 2.20. The third kappa shape index (κ3) is 2.48. The smallest absolute Gasteiger partial charge is 0.256 e. The Labute approximate surface area is 104 Å². The lowest BCUT2D eigenvalue weighted by molar-refractivity contribution is 0.102. The van der Waals surface area contributed by atoms with E-state index in [-0.39, 0.29) is 17.3 Å². The van der Waals surface area contributed by atoms with Crippen molar-refractivity contribution in [1.29, 1.82) is 0 Å². The largest absolute Gasteiger partial charge is 0.508 e. The van der Waals surface area contributed by atoms with Gasteiger partial charge in [0.15, 0.2) is 0 Å². The molecule has 0 aliphatic rings. The lowest BCUT2D eigenvalue weighted by atomic mass is 10.1. The molecule has 0 radical (unpaired) electrons. The molecule has 2 aromatic carbocycles. The van der Waals surface area contributed by atoms with Gasteiger partial charge in [0.25, 0.3) is 5.91 Å². The standard InChI is InChI=1S/C14H12FNO2/c1-9-4-2-3-5-11(9)14(18)16-13-7-6-10(17)8-12(13)15/h2-8,17H,1H3,(H,16,18). The topological polar surface area (TPSA) is 49.3 Å². The summed E-state index contributed by atoms with van der Waals surface area (Å²) in [6.45, 7) is 1.81. The molecule has 1 amide bonds. The van der Waals surface area contributed by atoms with Gasteiger partial charge in [0.05, 0.1) is 5.69 Å². The summed E-state index contributed by atoms with van der Waals surface area (Å²) in [5, 5.41) is 11.5. The highest BCUT2D eigenvalue weighted by atomic mass is 19.1. The van der Waals surface area contributed by atoms with E-state index >= 15 is 0 Å². The van der Waals surface area contributed by atoms with Crippen LogP contribution in [0, 0.1) is 12.7 Å². The van der Waals surface area contributed by atoms with Crippen LogP contribution in [0.1, 0.15) is 15.9 Å². The van der Waals surface area contributed by atoms with E-state index in [0.29, 0.717) is 5.56 Å². The third-order valence-corrected chi connectivity index (χ3v) is 2.59. The van der Waals surface area contributed by atoms with Gasteiger partial charge in [0.1, 0.15) is 11.6 Å². The van der Waals surface area contributed by atoms with Gasteiger partial charge in [-0.15, -0.1) is 0 Å². The van der Waals surface area contributed by atoms with Gasteiger partial charge in [-0.25, -0.2) is 4.39 Å². The number of benzene rings is 2. The Hall–Kier alpha value is -2.36. The molecule has 2 N–H and O–H groups in total. The molecule has 0 bridgehead atoms. The predicted molar refractivity (Wildman–Crippen MR) is 67.2 cm³/mol. The van der Waals surface area contributed by atoms with E-state index in [1.807, 2.05) is 19.1 Å². The minimum atomic E-state index is -0.670. The van der Waals surface area contributed by atoms with Gasteiger partial charge in [-0.3, -0.25) is 4.79 Å². The number of hydrogen-bond acceptors (Lipinski definition) is 2. The van der Waals surface area contributed by atoms with Gasteiger partial charge >= 0.3 is 0 Å². The van der Waals surface area contributed by atoms with Crippen LogP contribution in [0.2, 0.25) is 0 Å². The molecule has 0 spiro atoms. The van der Waals surface area contributed by atoms with Gasteiger partial charge in [-0.05, 0) is 30.7 Å². The summed E-state index contributed by atoms with van der Waals surface area (Å²) in [6, 6.07) is 10.6. The van der Waals surface area contributed by atoms with E-state index in [1.165, 1.54) is 12.1 Å². The number of halogens is 1. The molecular formula is C14H12FNO2. The summed E-state index contributed by atoms with van der Waals surface area (Å²) >= 11 is 0. The van der Waals surface area contributed by atoms with Crippen LogP contribution in [0.15, 0.2) is 42.5 Å². The Balaban J connectivity index is 2.24. The number of carbonyl (C=O) groups excluding carboxylic acids is 1. The number of nitrogens with one attached hydrogen (secondary N) is 1. The minimum Gasteiger partial charge on any atom is -0.508 e. The maximum Gasteiger partial charge on any atom is 0.256 e. The van der Waals surface area contributed by atoms with Crippen molar-refractivity contribution in [2.75, 3.05) is 5.32 Å². The average Bonchev–Trinajstić information content (AvgIpc) is 2.33. The number of hydrogen-bond donors (Lipinski definition) is 2. The van der Waals surface area contributed by atoms with E-state index in [9.17, 15) is 9.18 Å². The summed E-state index contributed by atoms with van der Waals surface area (Å²) < 4.78 is 13.5. The zero-order valence-corrected chi connectivity index (χ0v) is 9.77. The number of aryl methyl sites for hydroxylation is 1. The Morgan fingerprint density at radius 3 is 2.61 bits per heavy atom. The average molecular weight is 245 g/mol. The summed E-state index contributed by atoms with van der Waals surface area (Å²) in [7, 11) is 0. The molecule has 0 aromatic heterocycles. The first-order valence-electron chi connectivity index (χ1n) is 5.43. The molecule has 4 heteroatoms. The van der Waals surface area contributed by atoms with Crippen molar-refractivity contribution in [3.63, 3.8) is 0 Å². The Kier molecular flexibility index (Phi) is 3.28. The summed E-state index contributed by atoms with van der Waals surface area (Å²) in [5.41, 5.74) is 1.35. The van der Waals surface area contributed by atoms with Gasteiger partial charge in [0, 0.05) is 11.6 Å². The molecule has 92 valence electrons. The molecule has 0 unspecified atom stereocenters. The normalized spacial score (nSPS) is 10.1. The van der Waals surface area contributed by atoms with Crippen molar-refractivity contribution >= 4 is 11.6 Å². The number of anilines is 1. The van der Waals surface area contributed by atoms with Gasteiger partial charge in [0.2, 0.25) is 0 Å². The van der Waals surface area contributed by atoms with Gasteiger partial charge in [-0.2, -0.15) is 0 Å². The number of carbonyl (C=O) groups is 1. The van der Waals surface area contributed by atoms with Gasteiger partial charge in [-0.1, -0.05) is 18.2 Å². The maximum absolute atomic E-state index is 13.5. The molecule has 0 aliphatic heterocycles. The molecule has 2 aromatic rings. The molecule has 0 heterocycles. The SMILES string of the molecule is Cc1ccccc1C(=O)Nc1ccc(O)cc1F. The van der Waals surface area contributed by atoms with E-state index in [0.717, 1.165) is 11.6 Å². The molecule has 0 fully saturated rings. The lowest BCUT2D eigenvalue weighted by Crippen LogP contribution is -2.14. The van der Waals surface area contributed by atoms with E-state index in [2.05, 4.69) is 5.32 Å². The number of phenolic OH excluding ortho intramolecular Hbond substituents is 1. The van der Waals surface area contributed by atoms with Crippen molar-refractivity contribution in [3.8, 4) is 5.75 Å². The van der Waals surface area contributed by atoms with Crippen LogP contribution in [0.4, 0.5) is 10.1 Å². The van der Waals surface area contributed by atoms with Crippen molar-refractivity contribution in [2.24, 2.45) is 0 Å². The Morgan fingerprint density at radius 2 is 1.94 bits per heavy atom. The molecule has 3 nitrogen and oxygen atoms in total. The second kappa shape index (κ2) is 4.87. The fourth-order valence-corrected chi connectivity index (χ4v) is 1.62. The number of aromatic hydroxyl groups is 1. The molecule has 0 atom stereocenters. The highest BCUT2D eigenvalue weighted by molar-refractivity contribution is 6.05. The number of phenols is 1. The number of rotatable bonds is 2. The Morgan fingerprint density at radius 1 is 1.22 bits per heavy atom. The first-order valence-corrected chi connectivity index (χ1v) is 5.43. The fourth-order valence-electron chi connectivity index (χ4n) is 1.62. The van der Waals surface area contributed by atoms with Crippen molar-refractivity contribution < 1.29 is 14.3 Å². The number of amides is 1. The van der Waals surface area contributed by atoms with Crippen LogP contribution in [-0.4, -0.2) is 11.0 Å². The first-order chi connectivity index (χ1) is 8.58. The van der Waals surface area contributed by atoms with E-state index in [1.54, 1.807) is 12.1 Å². The van der Waals surface area contributed by atoms with Crippen LogP contribution in [0.5, 0.6) is 5.75 Å². The summed E-state index contributed by atoms with van der Waals surface area (Å²) in [4.78, 5) is 11.9. The predicted octanol–water partition coefficient (Wildman–Crippen LogP) is 3.09. The quantitative estimate of drug-likeness (QED) is 0.799. The fraction of sp³-hybridized carbons (Fsp3) is 0.0714. The molecule has 2 rings (SSSR count). The molecule has 18 heavy (non-hydrogen) atoms. The van der Waals surface area contributed by atoms with Crippen LogP contribution < -0.4 is 5.32 Å². The Bertz CT molecular complexity index is 596.